The molecule has 1 fully saturated rings. The lowest BCUT2D eigenvalue weighted by Crippen LogP contribution is -2.35. The highest BCUT2D eigenvalue weighted by Crippen LogP contribution is 2.54. The summed E-state index contributed by atoms with van der Waals surface area (Å²) in [5, 5.41) is 7.32. The van der Waals surface area contributed by atoms with Crippen LogP contribution in [-0.2, 0) is 12.8 Å². The molecule has 0 N–H and O–H groups in total. The highest BCUT2D eigenvalue weighted by atomic mass is 19.4. The van der Waals surface area contributed by atoms with Crippen molar-refractivity contribution in [3.8, 4) is 6.07 Å². The maximum atomic E-state index is 13.2. The molecule has 0 aromatic heterocycles. The third-order valence-corrected chi connectivity index (χ3v) is 6.89. The van der Waals surface area contributed by atoms with Crippen LogP contribution in [0.3, 0.4) is 0 Å². The van der Waals surface area contributed by atoms with Crippen molar-refractivity contribution in [3.05, 3.63) is 71.3 Å². The van der Waals surface area contributed by atoms with E-state index >= 15 is 0 Å². The van der Waals surface area contributed by atoms with Crippen LogP contribution in [0.1, 0.15) is 62.1 Å². The first-order chi connectivity index (χ1) is 17.5. The van der Waals surface area contributed by atoms with Gasteiger partial charge in [-0.15, -0.1) is 0 Å². The van der Waals surface area contributed by atoms with Crippen LogP contribution in [0.4, 0.5) is 26.3 Å². The summed E-state index contributed by atoms with van der Waals surface area (Å²) in [4.78, 5) is 2.44. The van der Waals surface area contributed by atoms with E-state index in [2.05, 4.69) is 24.0 Å². The molecular weight excluding hydrogens is 490 g/mol. The van der Waals surface area contributed by atoms with E-state index in [0.717, 1.165) is 50.9 Å². The molecule has 1 saturated carbocycles. The Morgan fingerprint density at radius 2 is 1.30 bits per heavy atom. The van der Waals surface area contributed by atoms with Gasteiger partial charge in [0, 0.05) is 13.5 Å². The smallest absolute Gasteiger partial charge is 0.303 e. The molecule has 0 radical (unpaired) electrons. The van der Waals surface area contributed by atoms with Crippen molar-refractivity contribution in [2.75, 3.05) is 19.6 Å². The van der Waals surface area contributed by atoms with Crippen molar-refractivity contribution in [2.24, 2.45) is 11.8 Å². The normalized spacial score (nSPS) is 19.8. The lowest BCUT2D eigenvalue weighted by molar-refractivity contribution is -0.245. The number of benzene rings is 2. The molecule has 2 nitrogen and oxygen atoms in total. The van der Waals surface area contributed by atoms with Gasteiger partial charge in [0.05, 0.1) is 17.9 Å². The Labute approximate surface area is 216 Å². The number of halogens is 6. The highest BCUT2D eigenvalue weighted by molar-refractivity contribution is 5.27. The minimum Gasteiger partial charge on any atom is -0.303 e. The summed E-state index contributed by atoms with van der Waals surface area (Å²) in [6, 6.07) is 19.2. The second-order valence-electron chi connectivity index (χ2n) is 9.61. The Bertz CT molecular complexity index is 926. The van der Waals surface area contributed by atoms with Gasteiger partial charge in [-0.05, 0) is 74.2 Å². The van der Waals surface area contributed by atoms with E-state index in [9.17, 15) is 26.3 Å². The van der Waals surface area contributed by atoms with Crippen LogP contribution in [0.5, 0.6) is 0 Å². The minimum atomic E-state index is -4.83. The molecular formula is C29H36F6N2. The van der Waals surface area contributed by atoms with Crippen LogP contribution in [-0.4, -0.2) is 36.9 Å². The fourth-order valence-electron chi connectivity index (χ4n) is 5.08. The first-order valence-electron chi connectivity index (χ1n) is 12.8. The molecule has 0 aliphatic heterocycles. The number of hydrogen-bond donors (Lipinski definition) is 0. The summed E-state index contributed by atoms with van der Waals surface area (Å²) >= 11 is 0. The lowest BCUT2D eigenvalue weighted by Gasteiger charge is -2.24. The standard InChI is InChI=1S/C27H33F6N.C2H3N/c1-2-15-34(17-14-20-7-4-3-5-8-20)16-6-9-21-10-12-22(13-11-21)23-18-24(26(28,29)30)25(19-23)27(31,32)33;1-2-3/h3-5,7-8,10-13,23-25H,2,6,9,14-19H2,1H3;1H3. The fraction of sp³-hybridized carbons (Fsp3) is 0.552. The molecule has 0 heterocycles. The Kier molecular flexibility index (Phi) is 12.0. The van der Waals surface area contributed by atoms with Gasteiger partial charge in [-0.2, -0.15) is 31.6 Å². The second kappa shape index (κ2) is 14.4. The summed E-state index contributed by atoms with van der Waals surface area (Å²) in [6.45, 7) is 6.54. The first-order valence-corrected chi connectivity index (χ1v) is 12.8. The molecule has 37 heavy (non-hydrogen) atoms. The van der Waals surface area contributed by atoms with Gasteiger partial charge in [-0.3, -0.25) is 0 Å². The summed E-state index contributed by atoms with van der Waals surface area (Å²) in [7, 11) is 0. The average Bonchev–Trinajstić information content (AvgIpc) is 3.31. The van der Waals surface area contributed by atoms with E-state index in [1.807, 2.05) is 30.3 Å². The molecule has 2 aromatic rings. The van der Waals surface area contributed by atoms with Gasteiger partial charge in [0.2, 0.25) is 0 Å². The molecule has 2 atom stereocenters. The Hall–Kier alpha value is -2.53. The number of alkyl halides is 6. The molecule has 0 spiro atoms. The molecule has 0 bridgehead atoms. The van der Waals surface area contributed by atoms with Crippen LogP contribution in [0, 0.1) is 23.2 Å². The maximum Gasteiger partial charge on any atom is 0.392 e. The Morgan fingerprint density at radius 3 is 1.78 bits per heavy atom. The third kappa shape index (κ3) is 10.0. The minimum absolute atomic E-state index is 0.500. The van der Waals surface area contributed by atoms with Crippen LogP contribution >= 0.6 is 0 Å². The van der Waals surface area contributed by atoms with E-state index < -0.39 is 42.9 Å². The van der Waals surface area contributed by atoms with Gasteiger partial charge in [-0.1, -0.05) is 61.5 Å². The van der Waals surface area contributed by atoms with Crippen LogP contribution in [0.15, 0.2) is 54.6 Å². The van der Waals surface area contributed by atoms with E-state index in [1.165, 1.54) is 12.5 Å². The molecule has 8 heteroatoms. The van der Waals surface area contributed by atoms with Crippen LogP contribution < -0.4 is 0 Å². The average molecular weight is 527 g/mol. The first kappa shape index (κ1) is 30.7. The zero-order valence-electron chi connectivity index (χ0n) is 21.5. The van der Waals surface area contributed by atoms with Crippen molar-refractivity contribution >= 4 is 0 Å². The van der Waals surface area contributed by atoms with Gasteiger partial charge in [-0.25, -0.2) is 0 Å². The predicted octanol–water partition coefficient (Wildman–Crippen LogP) is 8.34. The summed E-state index contributed by atoms with van der Waals surface area (Å²) in [6.07, 6.45) is -6.82. The predicted molar refractivity (Wildman–Crippen MR) is 134 cm³/mol. The molecule has 2 aromatic carbocycles. The van der Waals surface area contributed by atoms with Crippen LogP contribution in [0.2, 0.25) is 0 Å². The van der Waals surface area contributed by atoms with E-state index in [4.69, 9.17) is 5.26 Å². The SMILES string of the molecule is CC#N.CCCN(CCCc1ccc(C2CC(C(F)(F)F)C(C(F)(F)F)C2)cc1)CCc1ccccc1. The van der Waals surface area contributed by atoms with Gasteiger partial charge >= 0.3 is 12.4 Å². The zero-order valence-corrected chi connectivity index (χ0v) is 21.5. The molecule has 3 rings (SSSR count). The van der Waals surface area contributed by atoms with Crippen molar-refractivity contribution in [1.29, 1.82) is 5.26 Å². The van der Waals surface area contributed by atoms with Gasteiger partial charge in [0.1, 0.15) is 0 Å². The number of hydrogen-bond acceptors (Lipinski definition) is 2. The van der Waals surface area contributed by atoms with Crippen molar-refractivity contribution < 1.29 is 26.3 Å². The van der Waals surface area contributed by atoms with Crippen molar-refractivity contribution in [1.82, 2.24) is 4.90 Å². The second-order valence-corrected chi connectivity index (χ2v) is 9.61. The molecule has 204 valence electrons. The monoisotopic (exact) mass is 526 g/mol. The van der Waals surface area contributed by atoms with Crippen LogP contribution in [0.25, 0.3) is 0 Å². The largest absolute Gasteiger partial charge is 0.392 e. The van der Waals surface area contributed by atoms with E-state index in [-0.39, 0.29) is 0 Å². The number of aryl methyl sites for hydroxylation is 1. The quantitative estimate of drug-likeness (QED) is 0.291. The number of nitrogens with zero attached hydrogens (tertiary/aromatic N) is 2. The fourth-order valence-corrected chi connectivity index (χ4v) is 5.08. The molecule has 2 unspecified atom stereocenters. The molecule has 1 aliphatic rings. The Morgan fingerprint density at radius 1 is 0.784 bits per heavy atom. The Balaban J connectivity index is 0.00000153. The number of rotatable bonds is 10. The topological polar surface area (TPSA) is 27.0 Å². The highest BCUT2D eigenvalue weighted by Gasteiger charge is 2.59. The van der Waals surface area contributed by atoms with Gasteiger partial charge in [0.25, 0.3) is 0 Å². The van der Waals surface area contributed by atoms with E-state index in [1.54, 1.807) is 18.2 Å². The maximum absolute atomic E-state index is 13.2. The molecule has 1 aliphatic carbocycles. The van der Waals surface area contributed by atoms with Crippen molar-refractivity contribution in [3.63, 3.8) is 0 Å². The zero-order chi connectivity index (χ0) is 27.5. The summed E-state index contributed by atoms with van der Waals surface area (Å²) in [5.74, 6) is -5.36. The third-order valence-electron chi connectivity index (χ3n) is 6.89. The van der Waals surface area contributed by atoms with E-state index in [0.29, 0.717) is 5.56 Å². The molecule has 0 saturated heterocycles. The lowest BCUT2D eigenvalue weighted by atomic mass is 9.94. The summed E-state index contributed by atoms with van der Waals surface area (Å²) in [5.41, 5.74) is 2.94. The number of nitriles is 1. The van der Waals surface area contributed by atoms with Crippen molar-refractivity contribution in [2.45, 2.75) is 70.6 Å². The summed E-state index contributed by atoms with van der Waals surface area (Å²) < 4.78 is 79.2. The van der Waals surface area contributed by atoms with Gasteiger partial charge in [0.15, 0.2) is 0 Å². The molecule has 0 amide bonds. The van der Waals surface area contributed by atoms with Gasteiger partial charge < -0.3 is 4.90 Å².